The molecule has 23 heavy (non-hydrogen) atoms. The van der Waals surface area contributed by atoms with Crippen LogP contribution in [0, 0.1) is 6.92 Å². The van der Waals surface area contributed by atoms with Gasteiger partial charge in [-0.3, -0.25) is 14.7 Å². The van der Waals surface area contributed by atoms with Gasteiger partial charge in [0, 0.05) is 24.3 Å². The van der Waals surface area contributed by atoms with Crippen LogP contribution >= 0.6 is 0 Å². The van der Waals surface area contributed by atoms with Crippen LogP contribution in [0.25, 0.3) is 0 Å². The molecule has 2 aromatic rings. The van der Waals surface area contributed by atoms with Crippen molar-refractivity contribution in [2.24, 2.45) is 0 Å². The second kappa shape index (κ2) is 5.75. The van der Waals surface area contributed by atoms with E-state index in [0.29, 0.717) is 12.2 Å². The Hall–Kier alpha value is -2.83. The van der Waals surface area contributed by atoms with E-state index in [0.717, 1.165) is 11.3 Å². The van der Waals surface area contributed by atoms with Gasteiger partial charge < -0.3 is 15.5 Å². The lowest BCUT2D eigenvalue weighted by Crippen LogP contribution is -2.57. The number of hydrogen-bond acceptors (Lipinski definition) is 4. The van der Waals surface area contributed by atoms with Crippen LogP contribution in [0.1, 0.15) is 23.0 Å². The molecule has 3 rings (SSSR count). The molecule has 0 aliphatic carbocycles. The number of H-pyrrole nitrogens is 1. The number of aromatic nitrogens is 2. The Balaban J connectivity index is 1.79. The van der Waals surface area contributed by atoms with Crippen LogP contribution in [0.4, 0.5) is 11.5 Å². The first-order chi connectivity index (χ1) is 11.0. The molecule has 0 saturated carbocycles. The topological polar surface area (TPSA) is 95.3 Å². The SMILES string of the molecule is Cc1cccc(N2C[C@H](C)N(C(=O)c3cc(N)n[nH]3)CC2=O)c1. The summed E-state index contributed by atoms with van der Waals surface area (Å²) in [6.45, 7) is 4.40. The van der Waals surface area contributed by atoms with E-state index in [1.54, 1.807) is 9.80 Å². The highest BCUT2D eigenvalue weighted by molar-refractivity contribution is 6.01. The largest absolute Gasteiger partial charge is 0.382 e. The minimum Gasteiger partial charge on any atom is -0.382 e. The molecule has 2 amide bonds. The van der Waals surface area contributed by atoms with Gasteiger partial charge in [0.15, 0.2) is 0 Å². The average molecular weight is 313 g/mol. The summed E-state index contributed by atoms with van der Waals surface area (Å²) in [7, 11) is 0. The van der Waals surface area contributed by atoms with Gasteiger partial charge in [-0.2, -0.15) is 5.10 Å². The summed E-state index contributed by atoms with van der Waals surface area (Å²) in [4.78, 5) is 28.2. The fourth-order valence-corrected chi connectivity index (χ4v) is 2.77. The third-order valence-corrected chi connectivity index (χ3v) is 3.99. The van der Waals surface area contributed by atoms with Crippen molar-refractivity contribution in [1.82, 2.24) is 15.1 Å². The summed E-state index contributed by atoms with van der Waals surface area (Å²) in [6, 6.07) is 9.16. The Morgan fingerprint density at radius 1 is 1.39 bits per heavy atom. The number of nitrogens with two attached hydrogens (primary N) is 1. The predicted molar refractivity (Wildman–Crippen MR) is 87.0 cm³/mol. The zero-order chi connectivity index (χ0) is 16.6. The molecule has 2 heterocycles. The maximum atomic E-state index is 12.5. The van der Waals surface area contributed by atoms with Crippen LogP contribution in [0.15, 0.2) is 30.3 Å². The molecule has 7 heteroatoms. The Bertz CT molecular complexity index is 754. The molecule has 1 aromatic carbocycles. The number of benzene rings is 1. The normalized spacial score (nSPS) is 18.3. The fraction of sp³-hybridized carbons (Fsp3) is 0.312. The Kier molecular flexibility index (Phi) is 3.77. The maximum Gasteiger partial charge on any atom is 0.272 e. The van der Waals surface area contributed by atoms with Crippen LogP contribution in [0.3, 0.4) is 0 Å². The molecule has 7 nitrogen and oxygen atoms in total. The molecule has 0 bridgehead atoms. The van der Waals surface area contributed by atoms with E-state index in [-0.39, 0.29) is 30.2 Å². The number of hydrogen-bond donors (Lipinski definition) is 2. The third kappa shape index (κ3) is 2.90. The van der Waals surface area contributed by atoms with Gasteiger partial charge in [-0.15, -0.1) is 0 Å². The van der Waals surface area contributed by atoms with Gasteiger partial charge in [-0.1, -0.05) is 12.1 Å². The van der Waals surface area contributed by atoms with E-state index in [9.17, 15) is 9.59 Å². The van der Waals surface area contributed by atoms with Crippen LogP contribution < -0.4 is 10.6 Å². The number of aromatic amines is 1. The molecule has 1 aliphatic rings. The van der Waals surface area contributed by atoms with Crippen molar-refractivity contribution in [3.63, 3.8) is 0 Å². The van der Waals surface area contributed by atoms with E-state index in [1.165, 1.54) is 6.07 Å². The molecular weight excluding hydrogens is 294 g/mol. The predicted octanol–water partition coefficient (Wildman–Crippen LogP) is 1.18. The van der Waals surface area contributed by atoms with Gasteiger partial charge >= 0.3 is 0 Å². The number of nitrogens with zero attached hydrogens (tertiary/aromatic N) is 3. The number of nitrogens with one attached hydrogen (secondary N) is 1. The van der Waals surface area contributed by atoms with Crippen LogP contribution in [-0.2, 0) is 4.79 Å². The standard InChI is InChI=1S/C16H19N5O2/c1-10-4-3-5-12(6-10)21-8-11(2)20(9-15(21)22)16(23)13-7-14(17)19-18-13/h3-7,11H,8-9H2,1-2H3,(H3,17,18,19)/t11-/m0/s1. The van der Waals surface area contributed by atoms with Crippen molar-refractivity contribution < 1.29 is 9.59 Å². The molecule has 120 valence electrons. The van der Waals surface area contributed by atoms with Gasteiger partial charge in [0.1, 0.15) is 18.1 Å². The highest BCUT2D eigenvalue weighted by Crippen LogP contribution is 2.22. The minimum absolute atomic E-state index is 0.0346. The smallest absolute Gasteiger partial charge is 0.272 e. The number of piperazine rings is 1. The summed E-state index contributed by atoms with van der Waals surface area (Å²) < 4.78 is 0. The molecule has 0 spiro atoms. The zero-order valence-corrected chi connectivity index (χ0v) is 13.1. The number of nitrogen functional groups attached to an aromatic ring is 1. The maximum absolute atomic E-state index is 12.5. The molecule has 1 atom stereocenters. The quantitative estimate of drug-likeness (QED) is 0.870. The first kappa shape index (κ1) is 15.1. The van der Waals surface area contributed by atoms with Gasteiger partial charge in [0.2, 0.25) is 5.91 Å². The average Bonchev–Trinajstić information content (AvgIpc) is 2.95. The number of carbonyl (C=O) groups excluding carboxylic acids is 2. The molecule has 1 saturated heterocycles. The van der Waals surface area contributed by atoms with Crippen molar-refractivity contribution in [2.75, 3.05) is 23.7 Å². The summed E-state index contributed by atoms with van der Waals surface area (Å²) in [5, 5.41) is 6.36. The molecule has 1 fully saturated rings. The fourth-order valence-electron chi connectivity index (χ4n) is 2.77. The molecule has 0 radical (unpaired) electrons. The summed E-state index contributed by atoms with van der Waals surface area (Å²) in [5.41, 5.74) is 7.78. The Labute approximate surface area is 134 Å². The van der Waals surface area contributed by atoms with E-state index in [2.05, 4.69) is 10.2 Å². The first-order valence-electron chi connectivity index (χ1n) is 7.44. The first-order valence-corrected chi connectivity index (χ1v) is 7.44. The number of amides is 2. The lowest BCUT2D eigenvalue weighted by atomic mass is 10.1. The minimum atomic E-state index is -0.265. The van der Waals surface area contributed by atoms with Crippen molar-refractivity contribution in [2.45, 2.75) is 19.9 Å². The van der Waals surface area contributed by atoms with E-state index < -0.39 is 0 Å². The molecule has 3 N–H and O–H groups in total. The third-order valence-electron chi connectivity index (χ3n) is 3.99. The van der Waals surface area contributed by atoms with Crippen LogP contribution in [0.2, 0.25) is 0 Å². The highest BCUT2D eigenvalue weighted by Gasteiger charge is 2.34. The van der Waals surface area contributed by atoms with Gasteiger partial charge in [0.05, 0.1) is 0 Å². The zero-order valence-electron chi connectivity index (χ0n) is 13.1. The Morgan fingerprint density at radius 2 is 2.17 bits per heavy atom. The summed E-state index contributed by atoms with van der Waals surface area (Å²) in [6.07, 6.45) is 0. The van der Waals surface area contributed by atoms with Crippen molar-refractivity contribution in [3.05, 3.63) is 41.6 Å². The van der Waals surface area contributed by atoms with Crippen molar-refractivity contribution in [1.29, 1.82) is 0 Å². The summed E-state index contributed by atoms with van der Waals surface area (Å²) in [5.74, 6) is -0.112. The molecule has 1 aromatic heterocycles. The summed E-state index contributed by atoms with van der Waals surface area (Å²) >= 11 is 0. The Morgan fingerprint density at radius 3 is 2.83 bits per heavy atom. The monoisotopic (exact) mass is 313 g/mol. The molecular formula is C16H19N5O2. The number of anilines is 2. The lowest BCUT2D eigenvalue weighted by Gasteiger charge is -2.39. The second-order valence-electron chi connectivity index (χ2n) is 5.83. The number of aryl methyl sites for hydroxylation is 1. The number of carbonyl (C=O) groups is 2. The second-order valence-corrected chi connectivity index (χ2v) is 5.83. The van der Waals surface area contributed by atoms with Gasteiger partial charge in [-0.25, -0.2) is 0 Å². The van der Waals surface area contributed by atoms with Crippen molar-refractivity contribution >= 4 is 23.3 Å². The lowest BCUT2D eigenvalue weighted by molar-refractivity contribution is -0.121. The van der Waals surface area contributed by atoms with Gasteiger partial charge in [0.25, 0.3) is 5.91 Å². The molecule has 0 unspecified atom stereocenters. The number of rotatable bonds is 2. The van der Waals surface area contributed by atoms with E-state index in [1.807, 2.05) is 38.1 Å². The van der Waals surface area contributed by atoms with Gasteiger partial charge in [-0.05, 0) is 31.5 Å². The van der Waals surface area contributed by atoms with Crippen LogP contribution in [0.5, 0.6) is 0 Å². The van der Waals surface area contributed by atoms with E-state index in [4.69, 9.17) is 5.73 Å². The molecule has 1 aliphatic heterocycles. The van der Waals surface area contributed by atoms with Crippen LogP contribution in [-0.4, -0.2) is 46.0 Å². The van der Waals surface area contributed by atoms with Crippen molar-refractivity contribution in [3.8, 4) is 0 Å². The highest BCUT2D eigenvalue weighted by atomic mass is 16.2. The van der Waals surface area contributed by atoms with E-state index >= 15 is 0 Å².